The molecule has 4 aromatic rings. The minimum absolute atomic E-state index is 0.0109. The molecule has 3 aliphatic rings. The Morgan fingerprint density at radius 3 is 2.59 bits per heavy atom. The number of fused-ring (bicyclic) bond motifs is 2. The fourth-order valence-electron chi connectivity index (χ4n) is 6.92. The standard InChI is InChI=1S/C37H39Cl2N5O5/c1-20-32(17-27(38)26(34(20)47-4)18-40-49-37(46)21-11-12-21)48-31-14-13-23-22(7-5-8-24(23)31)25-9-6-10-28(33(25)39)42-36(45)35-41-29-19-43(2)16-15-30(29)44(35)3/h5-10,17,21,31,40H,11-16,18-19H2,1-4H3,(H,42,45). The van der Waals surface area contributed by atoms with Gasteiger partial charge in [0.1, 0.15) is 17.6 Å². The Bertz CT molecular complexity index is 1960. The van der Waals surface area contributed by atoms with Crippen molar-refractivity contribution in [3.05, 3.63) is 92.0 Å². The summed E-state index contributed by atoms with van der Waals surface area (Å²) < 4.78 is 14.3. The van der Waals surface area contributed by atoms with E-state index in [1.54, 1.807) is 13.2 Å². The van der Waals surface area contributed by atoms with Gasteiger partial charge in [-0.15, -0.1) is 5.48 Å². The smallest absolute Gasteiger partial charge is 0.327 e. The molecule has 2 heterocycles. The summed E-state index contributed by atoms with van der Waals surface area (Å²) in [6.07, 6.45) is 3.92. The molecule has 1 saturated carbocycles. The van der Waals surface area contributed by atoms with E-state index in [0.29, 0.717) is 38.6 Å². The van der Waals surface area contributed by atoms with Crippen molar-refractivity contribution in [3.63, 3.8) is 0 Å². The number of likely N-dealkylation sites (N-methyl/N-ethyl adjacent to an activating group) is 1. The second-order valence-corrected chi connectivity index (χ2v) is 13.8. The first-order valence-electron chi connectivity index (χ1n) is 16.6. The summed E-state index contributed by atoms with van der Waals surface area (Å²) in [7, 11) is 5.53. The number of ether oxygens (including phenoxy) is 2. The highest BCUT2D eigenvalue weighted by Gasteiger charge is 2.32. The summed E-state index contributed by atoms with van der Waals surface area (Å²) in [5.41, 5.74) is 10.8. The van der Waals surface area contributed by atoms with E-state index in [-0.39, 0.29) is 30.4 Å². The third-order valence-corrected chi connectivity index (χ3v) is 10.5. The number of nitrogens with one attached hydrogen (secondary N) is 2. The largest absolute Gasteiger partial charge is 0.496 e. The van der Waals surface area contributed by atoms with Crippen LogP contribution in [-0.4, -0.2) is 47.0 Å². The van der Waals surface area contributed by atoms with Gasteiger partial charge in [0.2, 0.25) is 0 Å². The second-order valence-electron chi connectivity index (χ2n) is 13.0. The average molecular weight is 705 g/mol. The number of benzene rings is 3. The van der Waals surface area contributed by atoms with Crippen molar-refractivity contribution >= 4 is 40.8 Å². The van der Waals surface area contributed by atoms with Crippen LogP contribution in [0.25, 0.3) is 11.1 Å². The third-order valence-electron chi connectivity index (χ3n) is 9.74. The Morgan fingerprint density at radius 1 is 1.04 bits per heavy atom. The fourth-order valence-corrected chi connectivity index (χ4v) is 7.45. The molecule has 0 saturated heterocycles. The van der Waals surface area contributed by atoms with Gasteiger partial charge >= 0.3 is 5.97 Å². The molecule has 256 valence electrons. The van der Waals surface area contributed by atoms with Crippen molar-refractivity contribution in [3.8, 4) is 22.6 Å². The van der Waals surface area contributed by atoms with Gasteiger partial charge in [0.15, 0.2) is 5.82 Å². The van der Waals surface area contributed by atoms with E-state index in [0.717, 1.165) is 84.4 Å². The molecule has 2 aliphatic carbocycles. The molecule has 7 rings (SSSR count). The third kappa shape index (κ3) is 6.50. The topological polar surface area (TPSA) is 107 Å². The molecule has 49 heavy (non-hydrogen) atoms. The van der Waals surface area contributed by atoms with Crippen molar-refractivity contribution < 1.29 is 23.9 Å². The number of hydroxylamine groups is 1. The van der Waals surface area contributed by atoms with Gasteiger partial charge in [-0.25, -0.2) is 4.98 Å². The van der Waals surface area contributed by atoms with Crippen molar-refractivity contribution in [2.75, 3.05) is 26.0 Å². The molecular formula is C37H39Cl2N5O5. The number of aromatic nitrogens is 2. The Hall–Kier alpha value is -4.09. The number of rotatable bonds is 10. The zero-order chi connectivity index (χ0) is 34.4. The summed E-state index contributed by atoms with van der Waals surface area (Å²) >= 11 is 13.7. The van der Waals surface area contributed by atoms with Gasteiger partial charge in [-0.2, -0.15) is 0 Å². The van der Waals surface area contributed by atoms with Crippen LogP contribution in [0.5, 0.6) is 11.5 Å². The highest BCUT2D eigenvalue weighted by molar-refractivity contribution is 6.36. The molecule has 0 bridgehead atoms. The molecular weight excluding hydrogens is 665 g/mol. The second kappa shape index (κ2) is 13.7. The van der Waals surface area contributed by atoms with E-state index < -0.39 is 0 Å². The molecule has 1 fully saturated rings. The molecule has 12 heteroatoms. The highest BCUT2D eigenvalue weighted by atomic mass is 35.5. The fraction of sp³-hybridized carbons (Fsp3) is 0.378. The first kappa shape index (κ1) is 33.4. The van der Waals surface area contributed by atoms with Crippen molar-refractivity contribution in [2.45, 2.75) is 58.2 Å². The van der Waals surface area contributed by atoms with Gasteiger partial charge in [-0.1, -0.05) is 53.5 Å². The zero-order valence-electron chi connectivity index (χ0n) is 28.0. The number of amides is 1. The minimum atomic E-state index is -0.295. The van der Waals surface area contributed by atoms with Crippen LogP contribution >= 0.6 is 23.2 Å². The van der Waals surface area contributed by atoms with Crippen molar-refractivity contribution in [1.82, 2.24) is 19.9 Å². The Kier molecular flexibility index (Phi) is 9.32. The first-order chi connectivity index (χ1) is 23.6. The Morgan fingerprint density at radius 2 is 1.82 bits per heavy atom. The predicted octanol–water partition coefficient (Wildman–Crippen LogP) is 6.98. The highest BCUT2D eigenvalue weighted by Crippen LogP contribution is 2.45. The lowest BCUT2D eigenvalue weighted by molar-refractivity contribution is -0.153. The number of anilines is 1. The minimum Gasteiger partial charge on any atom is -0.496 e. The van der Waals surface area contributed by atoms with E-state index in [1.165, 1.54) is 0 Å². The molecule has 1 amide bonds. The van der Waals surface area contributed by atoms with Crippen LogP contribution in [0.2, 0.25) is 10.0 Å². The van der Waals surface area contributed by atoms with Crippen molar-refractivity contribution in [2.24, 2.45) is 13.0 Å². The normalized spacial score (nSPS) is 17.0. The van der Waals surface area contributed by atoms with E-state index in [4.69, 9.17) is 37.5 Å². The maximum absolute atomic E-state index is 13.4. The Balaban J connectivity index is 1.10. The predicted molar refractivity (Wildman–Crippen MR) is 188 cm³/mol. The molecule has 3 aromatic carbocycles. The molecule has 2 N–H and O–H groups in total. The van der Waals surface area contributed by atoms with Crippen LogP contribution in [-0.2, 0) is 42.6 Å². The van der Waals surface area contributed by atoms with Crippen LogP contribution in [0, 0.1) is 12.8 Å². The maximum atomic E-state index is 13.4. The SMILES string of the molecule is COc1c(C)c(OC2CCc3c(-c4cccc(NC(=O)c5nc6c(n5C)CCN(C)C6)c4Cl)cccc32)cc(Cl)c1CNOC(=O)C1CC1. The van der Waals surface area contributed by atoms with E-state index in [2.05, 4.69) is 39.9 Å². The number of carbonyl (C=O) groups excluding carboxylic acids is 2. The van der Waals surface area contributed by atoms with Gasteiger partial charge in [0.25, 0.3) is 5.91 Å². The number of nitrogens with zero attached hydrogens (tertiary/aromatic N) is 3. The number of imidazole rings is 1. The average Bonchev–Trinajstić information content (AvgIpc) is 3.79. The summed E-state index contributed by atoms with van der Waals surface area (Å²) in [4.78, 5) is 37.4. The molecule has 1 atom stereocenters. The van der Waals surface area contributed by atoms with Gasteiger partial charge < -0.3 is 29.1 Å². The van der Waals surface area contributed by atoms with Gasteiger partial charge in [-0.05, 0) is 68.5 Å². The van der Waals surface area contributed by atoms with Gasteiger partial charge in [0, 0.05) is 48.9 Å². The van der Waals surface area contributed by atoms with Crippen LogP contribution < -0.4 is 20.3 Å². The number of methoxy groups -OCH3 is 1. The van der Waals surface area contributed by atoms with Crippen LogP contribution in [0.1, 0.15) is 69.6 Å². The molecule has 1 aliphatic heterocycles. The number of halogens is 2. The zero-order valence-corrected chi connectivity index (χ0v) is 29.5. The molecule has 0 radical (unpaired) electrons. The summed E-state index contributed by atoms with van der Waals surface area (Å²) in [6, 6.07) is 13.6. The van der Waals surface area contributed by atoms with Gasteiger partial charge in [-0.3, -0.25) is 9.59 Å². The number of hydrogen-bond donors (Lipinski definition) is 2. The van der Waals surface area contributed by atoms with E-state index in [1.807, 2.05) is 42.8 Å². The lowest BCUT2D eigenvalue weighted by Gasteiger charge is -2.21. The maximum Gasteiger partial charge on any atom is 0.327 e. The molecule has 1 aromatic heterocycles. The number of hydrogen-bond acceptors (Lipinski definition) is 8. The quantitative estimate of drug-likeness (QED) is 0.171. The Labute approximate surface area is 295 Å². The van der Waals surface area contributed by atoms with Gasteiger partial charge in [0.05, 0.1) is 41.0 Å². The number of carbonyl (C=O) groups is 2. The lowest BCUT2D eigenvalue weighted by Crippen LogP contribution is -2.27. The molecule has 0 spiro atoms. The van der Waals surface area contributed by atoms with Crippen LogP contribution in [0.3, 0.4) is 0 Å². The molecule has 1 unspecified atom stereocenters. The van der Waals surface area contributed by atoms with Crippen LogP contribution in [0.15, 0.2) is 42.5 Å². The van der Waals surface area contributed by atoms with Crippen LogP contribution in [0.4, 0.5) is 5.69 Å². The summed E-state index contributed by atoms with van der Waals surface area (Å²) in [5.74, 6) is 1.01. The summed E-state index contributed by atoms with van der Waals surface area (Å²) in [6.45, 7) is 3.78. The van der Waals surface area contributed by atoms with E-state index in [9.17, 15) is 9.59 Å². The van der Waals surface area contributed by atoms with E-state index >= 15 is 0 Å². The monoisotopic (exact) mass is 703 g/mol. The van der Waals surface area contributed by atoms with Crippen molar-refractivity contribution in [1.29, 1.82) is 0 Å². The molecule has 10 nitrogen and oxygen atoms in total. The lowest BCUT2D eigenvalue weighted by atomic mass is 9.96. The first-order valence-corrected chi connectivity index (χ1v) is 17.3. The summed E-state index contributed by atoms with van der Waals surface area (Å²) in [5, 5.41) is 3.93.